The molecule has 20 heavy (non-hydrogen) atoms. The van der Waals surface area contributed by atoms with Crippen LogP contribution in [0.15, 0.2) is 24.3 Å². The molecule has 0 atom stereocenters. The third-order valence-electron chi connectivity index (χ3n) is 3.14. The van der Waals surface area contributed by atoms with Crippen molar-refractivity contribution in [1.82, 2.24) is 0 Å². The van der Waals surface area contributed by atoms with Crippen LogP contribution in [-0.4, -0.2) is 11.7 Å². The predicted octanol–water partition coefficient (Wildman–Crippen LogP) is 3.51. The van der Waals surface area contributed by atoms with Crippen LogP contribution in [0.2, 0.25) is 0 Å². The van der Waals surface area contributed by atoms with Gasteiger partial charge in [-0.15, -0.1) is 11.3 Å². The van der Waals surface area contributed by atoms with E-state index in [-0.39, 0.29) is 17.3 Å². The minimum Gasteiger partial charge on any atom is -0.397 e. The van der Waals surface area contributed by atoms with Gasteiger partial charge in [-0.25, -0.2) is 4.39 Å². The highest BCUT2D eigenvalue weighted by molar-refractivity contribution is 7.98. The highest BCUT2D eigenvalue weighted by Gasteiger charge is 2.19. The molecule has 1 aromatic carbocycles. The molecule has 3 nitrogen and oxygen atoms in total. The van der Waals surface area contributed by atoms with E-state index < -0.39 is 5.82 Å². The Hall–Kier alpha value is -1.53. The summed E-state index contributed by atoms with van der Waals surface area (Å²) < 4.78 is 13.7. The molecule has 0 radical (unpaired) electrons. The number of benzene rings is 1. The molecule has 3 rings (SSSR count). The zero-order valence-corrected chi connectivity index (χ0v) is 12.2. The van der Waals surface area contributed by atoms with Gasteiger partial charge < -0.3 is 11.1 Å². The number of aryl methyl sites for hydroxylation is 1. The quantitative estimate of drug-likeness (QED) is 0.835. The molecule has 0 saturated carbocycles. The molecule has 0 spiro atoms. The topological polar surface area (TPSA) is 55.1 Å². The second-order valence-electron chi connectivity index (χ2n) is 4.52. The Morgan fingerprint density at radius 2 is 2.25 bits per heavy atom. The summed E-state index contributed by atoms with van der Waals surface area (Å²) in [4.78, 5) is 14.1. The smallest absolute Gasteiger partial charge is 0.265 e. The minimum atomic E-state index is -0.518. The van der Waals surface area contributed by atoms with Crippen LogP contribution in [0.4, 0.5) is 15.8 Å². The van der Waals surface area contributed by atoms with Crippen molar-refractivity contribution < 1.29 is 9.18 Å². The van der Waals surface area contributed by atoms with Gasteiger partial charge in [-0.3, -0.25) is 4.79 Å². The van der Waals surface area contributed by atoms with Gasteiger partial charge in [-0.2, -0.15) is 11.8 Å². The second kappa shape index (κ2) is 5.46. The molecule has 104 valence electrons. The van der Waals surface area contributed by atoms with Crippen LogP contribution >= 0.6 is 23.1 Å². The van der Waals surface area contributed by atoms with Crippen molar-refractivity contribution in [1.29, 1.82) is 0 Å². The van der Waals surface area contributed by atoms with Crippen molar-refractivity contribution in [2.45, 2.75) is 12.2 Å². The van der Waals surface area contributed by atoms with Crippen LogP contribution in [0.1, 0.15) is 20.1 Å². The molecular weight excluding hydrogens is 295 g/mol. The summed E-state index contributed by atoms with van der Waals surface area (Å²) in [6.45, 7) is 0. The molecule has 0 fully saturated rings. The van der Waals surface area contributed by atoms with Gasteiger partial charge in [-0.1, -0.05) is 6.07 Å². The van der Waals surface area contributed by atoms with Gasteiger partial charge in [0.2, 0.25) is 0 Å². The van der Waals surface area contributed by atoms with Crippen LogP contribution in [0.3, 0.4) is 0 Å². The molecule has 0 saturated heterocycles. The van der Waals surface area contributed by atoms with Gasteiger partial charge >= 0.3 is 0 Å². The molecule has 0 aliphatic carbocycles. The second-order valence-corrected chi connectivity index (χ2v) is 6.76. The molecular formula is C14H13FN2OS2. The lowest BCUT2D eigenvalue weighted by Crippen LogP contribution is -2.13. The first-order chi connectivity index (χ1) is 9.65. The van der Waals surface area contributed by atoms with E-state index >= 15 is 0 Å². The lowest BCUT2D eigenvalue weighted by atomic mass is 10.2. The summed E-state index contributed by atoms with van der Waals surface area (Å²) in [5.74, 6) is 1.22. The number of nitrogens with one attached hydrogen (secondary N) is 1. The predicted molar refractivity (Wildman–Crippen MR) is 83.0 cm³/mol. The third kappa shape index (κ3) is 2.53. The molecule has 1 aliphatic heterocycles. The number of para-hydroxylation sites is 1. The first kappa shape index (κ1) is 13.5. The molecule has 2 aromatic rings. The molecule has 1 aromatic heterocycles. The zero-order chi connectivity index (χ0) is 14.1. The monoisotopic (exact) mass is 308 g/mol. The maximum Gasteiger partial charge on any atom is 0.265 e. The average Bonchev–Trinajstić information content (AvgIpc) is 2.87. The SMILES string of the molecule is Nc1cccc(F)c1NC(=O)c1cc2c(s1)CCSC2. The van der Waals surface area contributed by atoms with E-state index in [2.05, 4.69) is 5.32 Å². The van der Waals surface area contributed by atoms with Gasteiger partial charge in [-0.05, 0) is 35.9 Å². The lowest BCUT2D eigenvalue weighted by Gasteiger charge is -2.08. The molecule has 2 heterocycles. The number of hydrogen-bond acceptors (Lipinski definition) is 4. The average molecular weight is 308 g/mol. The van der Waals surface area contributed by atoms with Gasteiger partial charge in [0.05, 0.1) is 10.6 Å². The van der Waals surface area contributed by atoms with E-state index in [1.165, 1.54) is 33.9 Å². The Bertz CT molecular complexity index is 625. The zero-order valence-electron chi connectivity index (χ0n) is 10.6. The molecule has 1 amide bonds. The van der Waals surface area contributed by atoms with Crippen molar-refractivity contribution in [3.05, 3.63) is 45.4 Å². The fourth-order valence-corrected chi connectivity index (χ4v) is 4.37. The van der Waals surface area contributed by atoms with Gasteiger partial charge in [0.15, 0.2) is 0 Å². The van der Waals surface area contributed by atoms with Gasteiger partial charge in [0, 0.05) is 10.6 Å². The normalized spacial score (nSPS) is 13.8. The van der Waals surface area contributed by atoms with E-state index in [0.717, 1.165) is 17.9 Å². The number of anilines is 2. The Kier molecular flexibility index (Phi) is 3.67. The maximum absolute atomic E-state index is 13.7. The standard InChI is InChI=1S/C14H13FN2OS2/c15-9-2-1-3-10(16)13(9)17-14(18)12-6-8-7-19-5-4-11(8)20-12/h1-3,6H,4-5,7,16H2,(H,17,18). The van der Waals surface area contributed by atoms with E-state index in [0.29, 0.717) is 4.88 Å². The lowest BCUT2D eigenvalue weighted by molar-refractivity contribution is 0.103. The highest BCUT2D eigenvalue weighted by atomic mass is 32.2. The van der Waals surface area contributed by atoms with E-state index in [1.807, 2.05) is 17.8 Å². The number of thiophene rings is 1. The van der Waals surface area contributed by atoms with E-state index in [1.54, 1.807) is 6.07 Å². The number of rotatable bonds is 2. The number of hydrogen-bond donors (Lipinski definition) is 2. The summed E-state index contributed by atoms with van der Waals surface area (Å²) >= 11 is 3.35. The van der Waals surface area contributed by atoms with Gasteiger partial charge in [0.25, 0.3) is 5.91 Å². The van der Waals surface area contributed by atoms with Crippen LogP contribution in [0.5, 0.6) is 0 Å². The number of thioether (sulfide) groups is 1. The molecule has 0 bridgehead atoms. The number of amides is 1. The first-order valence-electron chi connectivity index (χ1n) is 6.20. The number of nitrogen functional groups attached to an aromatic ring is 1. The fourth-order valence-electron chi connectivity index (χ4n) is 2.11. The molecule has 0 unspecified atom stereocenters. The Balaban J connectivity index is 1.84. The Labute approximate surface area is 124 Å². The summed E-state index contributed by atoms with van der Waals surface area (Å²) in [6, 6.07) is 6.26. The first-order valence-corrected chi connectivity index (χ1v) is 8.17. The number of nitrogens with two attached hydrogens (primary N) is 1. The highest BCUT2D eigenvalue weighted by Crippen LogP contribution is 2.32. The van der Waals surface area contributed by atoms with Crippen molar-refractivity contribution in [3.8, 4) is 0 Å². The van der Waals surface area contributed by atoms with Crippen molar-refractivity contribution in [2.24, 2.45) is 0 Å². The van der Waals surface area contributed by atoms with Crippen molar-refractivity contribution in [3.63, 3.8) is 0 Å². The molecule has 6 heteroatoms. The van der Waals surface area contributed by atoms with Crippen molar-refractivity contribution >= 4 is 40.4 Å². The number of halogens is 1. The van der Waals surface area contributed by atoms with Crippen LogP contribution in [0, 0.1) is 5.82 Å². The Morgan fingerprint density at radius 1 is 1.40 bits per heavy atom. The summed E-state index contributed by atoms with van der Waals surface area (Å²) in [6.07, 6.45) is 1.000. The van der Waals surface area contributed by atoms with Crippen molar-refractivity contribution in [2.75, 3.05) is 16.8 Å². The summed E-state index contributed by atoms with van der Waals surface area (Å²) in [5.41, 5.74) is 7.20. The molecule has 3 N–H and O–H groups in total. The van der Waals surface area contributed by atoms with E-state index in [9.17, 15) is 9.18 Å². The molecule has 1 aliphatic rings. The largest absolute Gasteiger partial charge is 0.397 e. The minimum absolute atomic E-state index is 0.0539. The van der Waals surface area contributed by atoms with E-state index in [4.69, 9.17) is 5.73 Å². The van der Waals surface area contributed by atoms with Crippen LogP contribution in [0.25, 0.3) is 0 Å². The number of fused-ring (bicyclic) bond motifs is 1. The maximum atomic E-state index is 13.7. The van der Waals surface area contributed by atoms with Crippen LogP contribution < -0.4 is 11.1 Å². The number of carbonyl (C=O) groups is 1. The number of carbonyl (C=O) groups excluding carboxylic acids is 1. The van der Waals surface area contributed by atoms with Crippen LogP contribution in [-0.2, 0) is 12.2 Å². The van der Waals surface area contributed by atoms with Gasteiger partial charge in [0.1, 0.15) is 11.5 Å². The Morgan fingerprint density at radius 3 is 3.00 bits per heavy atom. The summed E-state index contributed by atoms with van der Waals surface area (Å²) in [5, 5.41) is 2.57. The summed E-state index contributed by atoms with van der Waals surface area (Å²) in [7, 11) is 0. The fraction of sp³-hybridized carbons (Fsp3) is 0.214. The third-order valence-corrected chi connectivity index (χ3v) is 5.38.